The highest BCUT2D eigenvalue weighted by Crippen LogP contribution is 2.52. The Bertz CT molecular complexity index is 3450. The van der Waals surface area contributed by atoms with Gasteiger partial charge in [-0.3, -0.25) is 0 Å². The third-order valence-electron chi connectivity index (χ3n) is 15.0. The van der Waals surface area contributed by atoms with Gasteiger partial charge in [0.05, 0.1) is 11.2 Å². The Morgan fingerprint density at radius 3 is 1.51 bits per heavy atom. The van der Waals surface area contributed by atoms with Crippen LogP contribution in [0.4, 0.5) is 34.1 Å². The van der Waals surface area contributed by atoms with E-state index in [1.54, 1.807) is 0 Å². The number of benzene rings is 7. The summed E-state index contributed by atoms with van der Waals surface area (Å²) >= 11 is 1.94. The molecular formula is C63H66BN3S. The highest BCUT2D eigenvalue weighted by atomic mass is 32.1. The average molecular weight is 908 g/mol. The Labute approximate surface area is 409 Å². The van der Waals surface area contributed by atoms with Crippen LogP contribution in [0.3, 0.4) is 0 Å². The van der Waals surface area contributed by atoms with E-state index in [-0.39, 0.29) is 28.4 Å². The van der Waals surface area contributed by atoms with E-state index >= 15 is 0 Å². The van der Waals surface area contributed by atoms with E-state index in [2.05, 4.69) is 251 Å². The molecule has 9 aromatic rings. The van der Waals surface area contributed by atoms with Gasteiger partial charge in [-0.2, -0.15) is 0 Å². The fraction of sp³-hybridized carbons (Fsp3) is 0.302. The summed E-state index contributed by atoms with van der Waals surface area (Å²) < 4.78 is 5.32. The predicted octanol–water partition coefficient (Wildman–Crippen LogP) is 16.4. The minimum absolute atomic E-state index is 0.0173. The monoisotopic (exact) mass is 908 g/mol. The van der Waals surface area contributed by atoms with Gasteiger partial charge in [0.25, 0.3) is 6.71 Å². The molecule has 0 saturated heterocycles. The molecule has 0 saturated carbocycles. The van der Waals surface area contributed by atoms with Crippen molar-refractivity contribution in [2.45, 2.75) is 125 Å². The highest BCUT2D eigenvalue weighted by molar-refractivity contribution is 7.26. The molecule has 2 aliphatic rings. The van der Waals surface area contributed by atoms with Crippen LogP contribution >= 0.6 is 11.3 Å². The lowest BCUT2D eigenvalue weighted by Crippen LogP contribution is -2.63. The molecule has 2 aliphatic heterocycles. The molecule has 0 radical (unpaired) electrons. The van der Waals surface area contributed by atoms with Crippen LogP contribution in [0.25, 0.3) is 36.8 Å². The third kappa shape index (κ3) is 6.97. The maximum absolute atomic E-state index is 2.68. The molecule has 0 spiro atoms. The van der Waals surface area contributed by atoms with Crippen LogP contribution in [-0.2, 0) is 21.7 Å². The molecule has 342 valence electrons. The summed E-state index contributed by atoms with van der Waals surface area (Å²) in [5.41, 5.74) is 20.5. The molecule has 0 amide bonds. The fourth-order valence-electron chi connectivity index (χ4n) is 11.0. The van der Waals surface area contributed by atoms with Crippen LogP contribution in [0.1, 0.15) is 131 Å². The zero-order chi connectivity index (χ0) is 48.0. The van der Waals surface area contributed by atoms with Crippen molar-refractivity contribution in [3.8, 4) is 5.69 Å². The molecule has 4 heterocycles. The van der Waals surface area contributed by atoms with E-state index in [1.807, 2.05) is 11.3 Å². The zero-order valence-corrected chi connectivity index (χ0v) is 43.5. The molecular weight excluding hydrogens is 842 g/mol. The lowest BCUT2D eigenvalue weighted by molar-refractivity contribution is 0.590. The van der Waals surface area contributed by atoms with Crippen molar-refractivity contribution in [1.29, 1.82) is 0 Å². The predicted molar refractivity (Wildman–Crippen MR) is 299 cm³/mol. The lowest BCUT2D eigenvalue weighted by atomic mass is 9.34. The number of thiophene rings is 1. The van der Waals surface area contributed by atoms with Gasteiger partial charge in [-0.15, -0.1) is 11.3 Å². The number of fused-ring (bicyclic) bond motifs is 10. The van der Waals surface area contributed by atoms with Crippen LogP contribution in [-0.4, -0.2) is 11.3 Å². The summed E-state index contributed by atoms with van der Waals surface area (Å²) in [5, 5.41) is 3.95. The van der Waals surface area contributed by atoms with E-state index in [9.17, 15) is 0 Å². The number of nitrogens with zero attached hydrogens (tertiary/aromatic N) is 3. The molecule has 2 aromatic heterocycles. The van der Waals surface area contributed by atoms with Crippen LogP contribution in [0.2, 0.25) is 0 Å². The van der Waals surface area contributed by atoms with Crippen molar-refractivity contribution >= 4 is 99.8 Å². The summed E-state index contributed by atoms with van der Waals surface area (Å²) in [6.45, 7) is 32.5. The molecule has 5 heteroatoms. The van der Waals surface area contributed by atoms with Crippen molar-refractivity contribution in [2.24, 2.45) is 0 Å². The molecule has 0 atom stereocenters. The molecule has 0 unspecified atom stereocenters. The molecule has 0 aliphatic carbocycles. The number of hydrogen-bond acceptors (Lipinski definition) is 3. The minimum atomic E-state index is -0.0807. The Balaban J connectivity index is 1.34. The standard InChI is InChI=1S/C63H66BN3S/c1-38(2)39-35-52-56-53(36-39)66(45-28-21-41(22-29-45)61(6,7)8)57-55-51(34-32-48-47-17-15-16-18-54(47)68-58(48)55)67(46-30-23-42(24-31-46)62(9,10)11)59(57)64(56)49-37-43(63(12,13)14)25-33-50(49)65(52)44-26-19-40(20-27-44)60(3,4)5/h15-38H,1-14H3. The Kier molecular flexibility index (Phi) is 9.96. The minimum Gasteiger partial charge on any atom is -0.319 e. The van der Waals surface area contributed by atoms with Gasteiger partial charge in [0.1, 0.15) is 0 Å². The normalized spacial score (nSPS) is 14.1. The van der Waals surface area contributed by atoms with Gasteiger partial charge in [-0.1, -0.05) is 170 Å². The Morgan fingerprint density at radius 2 is 0.971 bits per heavy atom. The van der Waals surface area contributed by atoms with Crippen LogP contribution in [0.15, 0.2) is 140 Å². The van der Waals surface area contributed by atoms with Gasteiger partial charge < -0.3 is 14.4 Å². The largest absolute Gasteiger partial charge is 0.319 e. The molecule has 3 nitrogen and oxygen atoms in total. The maximum atomic E-state index is 2.68. The average Bonchev–Trinajstić information content (AvgIpc) is 3.84. The second-order valence-corrected chi connectivity index (χ2v) is 25.2. The van der Waals surface area contributed by atoms with E-state index in [0.717, 1.165) is 0 Å². The van der Waals surface area contributed by atoms with Gasteiger partial charge in [-0.25, -0.2) is 0 Å². The first-order chi connectivity index (χ1) is 32.1. The summed E-state index contributed by atoms with van der Waals surface area (Å²) in [6.07, 6.45) is 0. The second kappa shape index (κ2) is 15.2. The molecule has 0 N–H and O–H groups in total. The molecule has 11 rings (SSSR count). The van der Waals surface area contributed by atoms with Crippen molar-refractivity contribution < 1.29 is 0 Å². The quantitative estimate of drug-likeness (QED) is 0.163. The smallest absolute Gasteiger partial charge is 0.273 e. The van der Waals surface area contributed by atoms with Gasteiger partial charge >= 0.3 is 0 Å². The van der Waals surface area contributed by atoms with Crippen LogP contribution in [0, 0.1) is 0 Å². The summed E-state index contributed by atoms with van der Waals surface area (Å²) in [7, 11) is 0. The van der Waals surface area contributed by atoms with Crippen molar-refractivity contribution in [3.63, 3.8) is 0 Å². The number of aromatic nitrogens is 1. The van der Waals surface area contributed by atoms with E-state index in [4.69, 9.17) is 0 Å². The SMILES string of the molecule is CC(C)c1cc2c3c(c1)N(c1ccc(C(C)(C)C)cc1)c1c(n(-c4ccc(C(C)(C)C)cc4)c4ccc5c6ccccc6sc5c14)B3c1cc(C(C)(C)C)ccc1N2c1ccc(C(C)(C)C)cc1. The zero-order valence-electron chi connectivity index (χ0n) is 42.7. The molecule has 0 fully saturated rings. The first-order valence-electron chi connectivity index (χ1n) is 24.8. The molecule has 0 bridgehead atoms. The number of anilines is 6. The van der Waals surface area contributed by atoms with E-state index in [0.29, 0.717) is 5.92 Å². The van der Waals surface area contributed by atoms with E-state index < -0.39 is 0 Å². The fourth-order valence-corrected chi connectivity index (χ4v) is 12.2. The first-order valence-corrected chi connectivity index (χ1v) is 25.6. The van der Waals surface area contributed by atoms with Gasteiger partial charge in [0.2, 0.25) is 0 Å². The van der Waals surface area contributed by atoms with E-state index in [1.165, 1.54) is 115 Å². The first kappa shape index (κ1) is 44.5. The maximum Gasteiger partial charge on any atom is 0.273 e. The Morgan fingerprint density at radius 1 is 0.471 bits per heavy atom. The van der Waals surface area contributed by atoms with Crippen molar-refractivity contribution in [3.05, 3.63) is 167 Å². The number of rotatable bonds is 4. The van der Waals surface area contributed by atoms with Crippen LogP contribution in [0.5, 0.6) is 0 Å². The third-order valence-corrected chi connectivity index (χ3v) is 16.2. The topological polar surface area (TPSA) is 11.4 Å². The summed E-state index contributed by atoms with van der Waals surface area (Å²) in [5.74, 6) is 0.299. The van der Waals surface area contributed by atoms with Gasteiger partial charge in [0.15, 0.2) is 0 Å². The van der Waals surface area contributed by atoms with Crippen LogP contribution < -0.4 is 26.3 Å². The van der Waals surface area contributed by atoms with Crippen molar-refractivity contribution in [1.82, 2.24) is 4.57 Å². The summed E-state index contributed by atoms with van der Waals surface area (Å²) in [6, 6.07) is 54.7. The Hall–Kier alpha value is -6.04. The highest BCUT2D eigenvalue weighted by Gasteiger charge is 2.48. The second-order valence-electron chi connectivity index (χ2n) is 24.1. The molecule has 7 aromatic carbocycles. The lowest BCUT2D eigenvalue weighted by Gasteiger charge is -2.44. The van der Waals surface area contributed by atoms with Gasteiger partial charge in [0, 0.05) is 65.3 Å². The van der Waals surface area contributed by atoms with Crippen molar-refractivity contribution in [2.75, 3.05) is 9.80 Å². The number of hydrogen-bond donors (Lipinski definition) is 0. The summed E-state index contributed by atoms with van der Waals surface area (Å²) in [4.78, 5) is 5.27. The van der Waals surface area contributed by atoms with Gasteiger partial charge in [-0.05, 0) is 133 Å². The molecule has 68 heavy (non-hydrogen) atoms.